The molecule has 0 saturated heterocycles. The molecule has 28 heavy (non-hydrogen) atoms. The quantitative estimate of drug-likeness (QED) is 0.161. The maximum Gasteiger partial charge on any atom is 0.294 e. The van der Waals surface area contributed by atoms with Gasteiger partial charge in [-0.25, -0.2) is 5.48 Å². The van der Waals surface area contributed by atoms with E-state index < -0.39 is 15.0 Å². The number of rotatable bonds is 4. The van der Waals surface area contributed by atoms with Crippen LogP contribution in [0.15, 0.2) is 57.6 Å². The van der Waals surface area contributed by atoms with Crippen LogP contribution in [0.3, 0.4) is 0 Å². The zero-order valence-electron chi connectivity index (χ0n) is 14.4. The van der Waals surface area contributed by atoms with E-state index in [0.717, 1.165) is 23.9 Å². The van der Waals surface area contributed by atoms with Gasteiger partial charge >= 0.3 is 0 Å². The lowest BCUT2D eigenvalue weighted by Crippen LogP contribution is -2.27. The van der Waals surface area contributed by atoms with E-state index in [2.05, 4.69) is 10.2 Å². The normalized spacial score (nSPS) is 11.6. The zero-order chi connectivity index (χ0) is 21.3. The second kappa shape index (κ2) is 9.96. The van der Waals surface area contributed by atoms with Gasteiger partial charge in [-0.3, -0.25) is 19.9 Å². The molecule has 0 aliphatic rings. The van der Waals surface area contributed by atoms with E-state index in [1.54, 1.807) is 12.1 Å². The molecule has 2 rings (SSSR count). The first kappa shape index (κ1) is 22.5. The van der Waals surface area contributed by atoms with E-state index in [4.69, 9.17) is 15.5 Å². The Labute approximate surface area is 159 Å². The third-order valence-electron chi connectivity index (χ3n) is 3.00. The van der Waals surface area contributed by atoms with Crippen molar-refractivity contribution >= 4 is 28.0 Å². The summed E-state index contributed by atoms with van der Waals surface area (Å²) >= 11 is 0. The summed E-state index contributed by atoms with van der Waals surface area (Å²) in [6.07, 6.45) is 1.03. The Hall–Kier alpha value is -3.55. The number of nitro benzene ring substituents is 1. The van der Waals surface area contributed by atoms with Gasteiger partial charge in [0.05, 0.1) is 21.6 Å². The predicted molar refractivity (Wildman–Crippen MR) is 99.9 cm³/mol. The van der Waals surface area contributed by atoms with Gasteiger partial charge in [-0.05, 0) is 31.2 Å². The average molecular weight is 411 g/mol. The Balaban J connectivity index is 0.000000307. The Bertz CT molecular complexity index is 988. The van der Waals surface area contributed by atoms with E-state index in [1.807, 2.05) is 6.92 Å². The van der Waals surface area contributed by atoms with E-state index in [0.29, 0.717) is 0 Å². The first-order valence-electron chi connectivity index (χ1n) is 7.32. The van der Waals surface area contributed by atoms with Crippen molar-refractivity contribution < 1.29 is 28.2 Å². The SMILES string of the molecule is Cc1ccc(S(=O)(=O)O)cc1.NC(=NN=Cc1cc(O)ccc1[N+](=O)[O-])NO. The van der Waals surface area contributed by atoms with E-state index in [9.17, 15) is 23.6 Å². The molecule has 0 atom stereocenters. The molecule has 0 aromatic heterocycles. The molecular formula is C15H17N5O7S. The minimum Gasteiger partial charge on any atom is -0.508 e. The van der Waals surface area contributed by atoms with Crippen LogP contribution in [-0.4, -0.2) is 40.4 Å². The van der Waals surface area contributed by atoms with Gasteiger partial charge in [-0.1, -0.05) is 17.7 Å². The van der Waals surface area contributed by atoms with Crippen LogP contribution >= 0.6 is 0 Å². The molecule has 0 heterocycles. The fraction of sp³-hybridized carbons (Fsp3) is 0.0667. The minimum absolute atomic E-state index is 0.0597. The first-order chi connectivity index (χ1) is 13.0. The van der Waals surface area contributed by atoms with Crippen molar-refractivity contribution in [2.24, 2.45) is 15.9 Å². The number of aromatic hydroxyl groups is 1. The highest BCUT2D eigenvalue weighted by Gasteiger charge is 2.12. The van der Waals surface area contributed by atoms with Crippen molar-refractivity contribution in [3.05, 3.63) is 63.7 Å². The molecule has 0 unspecified atom stereocenters. The monoisotopic (exact) mass is 411 g/mol. The highest BCUT2D eigenvalue weighted by atomic mass is 32.2. The molecule has 6 N–H and O–H groups in total. The Kier molecular flexibility index (Phi) is 8.00. The molecule has 0 spiro atoms. The second-order valence-electron chi connectivity index (χ2n) is 5.13. The number of phenols is 1. The summed E-state index contributed by atoms with van der Waals surface area (Å²) in [6, 6.07) is 9.46. The molecule has 0 fully saturated rings. The minimum atomic E-state index is -4.02. The maximum absolute atomic E-state index is 10.6. The van der Waals surface area contributed by atoms with Crippen LogP contribution in [0.1, 0.15) is 11.1 Å². The summed E-state index contributed by atoms with van der Waals surface area (Å²) in [4.78, 5) is 9.94. The summed E-state index contributed by atoms with van der Waals surface area (Å²) in [5, 5.41) is 34.8. The Morgan fingerprint density at radius 3 is 2.36 bits per heavy atom. The molecule has 0 amide bonds. The summed E-state index contributed by atoms with van der Waals surface area (Å²) < 4.78 is 29.6. The fourth-order valence-electron chi connectivity index (χ4n) is 1.70. The Morgan fingerprint density at radius 2 is 1.86 bits per heavy atom. The zero-order valence-corrected chi connectivity index (χ0v) is 15.2. The topological polar surface area (TPSA) is 201 Å². The fourth-order valence-corrected chi connectivity index (χ4v) is 2.18. The standard InChI is InChI=1S/C8H9N5O4.C7H8O3S/c9-8(12-15)11-10-4-5-3-6(14)1-2-7(5)13(16)17;1-6-2-4-7(5-3-6)11(8,9)10/h1-4,14-15H,(H3,9,11,12);2-5H,1H3,(H,8,9,10). The number of nitrogens with one attached hydrogen (secondary N) is 1. The van der Waals surface area contributed by atoms with Gasteiger partial charge in [0.1, 0.15) is 5.75 Å². The van der Waals surface area contributed by atoms with Gasteiger partial charge in [0.25, 0.3) is 15.8 Å². The third kappa shape index (κ3) is 7.36. The molecular weight excluding hydrogens is 394 g/mol. The second-order valence-corrected chi connectivity index (χ2v) is 6.55. The van der Waals surface area contributed by atoms with Crippen molar-refractivity contribution in [2.75, 3.05) is 0 Å². The van der Waals surface area contributed by atoms with Crippen molar-refractivity contribution in [2.45, 2.75) is 11.8 Å². The highest BCUT2D eigenvalue weighted by molar-refractivity contribution is 7.85. The Morgan fingerprint density at radius 1 is 1.25 bits per heavy atom. The molecule has 0 saturated carbocycles. The van der Waals surface area contributed by atoms with Crippen LogP contribution < -0.4 is 11.2 Å². The van der Waals surface area contributed by atoms with E-state index in [1.165, 1.54) is 23.7 Å². The van der Waals surface area contributed by atoms with E-state index in [-0.39, 0.29) is 27.9 Å². The van der Waals surface area contributed by atoms with Crippen LogP contribution in [0.5, 0.6) is 5.75 Å². The predicted octanol–water partition coefficient (Wildman–Crippen LogP) is 1.17. The van der Waals surface area contributed by atoms with Crippen LogP contribution in [0.2, 0.25) is 0 Å². The number of hydrogen-bond acceptors (Lipinski definition) is 8. The van der Waals surface area contributed by atoms with Gasteiger partial charge in [0.15, 0.2) is 0 Å². The number of guanidine groups is 1. The molecule has 0 radical (unpaired) electrons. The van der Waals surface area contributed by atoms with Gasteiger partial charge in [-0.2, -0.15) is 13.5 Å². The molecule has 13 heteroatoms. The van der Waals surface area contributed by atoms with Crippen molar-refractivity contribution in [3.8, 4) is 5.75 Å². The summed E-state index contributed by atoms with van der Waals surface area (Å²) in [5.74, 6) is -0.515. The number of hydrogen-bond donors (Lipinski definition) is 5. The molecule has 0 aliphatic carbocycles. The van der Waals surface area contributed by atoms with Crippen LogP contribution in [0, 0.1) is 17.0 Å². The number of phenolic OH excluding ortho intramolecular Hbond substituents is 1. The van der Waals surface area contributed by atoms with Gasteiger partial charge in [0, 0.05) is 6.07 Å². The number of benzene rings is 2. The molecule has 0 aliphatic heterocycles. The molecule has 2 aromatic rings. The van der Waals surface area contributed by atoms with Crippen LogP contribution in [0.25, 0.3) is 0 Å². The average Bonchev–Trinajstić information content (AvgIpc) is 2.61. The number of hydroxylamine groups is 1. The smallest absolute Gasteiger partial charge is 0.294 e. The number of nitro groups is 1. The largest absolute Gasteiger partial charge is 0.508 e. The maximum atomic E-state index is 10.6. The summed E-state index contributed by atoms with van der Waals surface area (Å²) in [7, 11) is -4.02. The van der Waals surface area contributed by atoms with Gasteiger partial charge in [0.2, 0.25) is 5.96 Å². The lowest BCUT2D eigenvalue weighted by molar-refractivity contribution is -0.385. The molecule has 12 nitrogen and oxygen atoms in total. The van der Waals surface area contributed by atoms with Crippen LogP contribution in [0.4, 0.5) is 5.69 Å². The van der Waals surface area contributed by atoms with E-state index >= 15 is 0 Å². The van der Waals surface area contributed by atoms with Gasteiger partial charge in [-0.15, -0.1) is 5.10 Å². The molecule has 150 valence electrons. The third-order valence-corrected chi connectivity index (χ3v) is 3.87. The van der Waals surface area contributed by atoms with Crippen LogP contribution in [-0.2, 0) is 10.1 Å². The first-order valence-corrected chi connectivity index (χ1v) is 8.76. The van der Waals surface area contributed by atoms with Crippen molar-refractivity contribution in [1.82, 2.24) is 5.48 Å². The lowest BCUT2D eigenvalue weighted by atomic mass is 10.2. The lowest BCUT2D eigenvalue weighted by Gasteiger charge is -1.97. The molecule has 2 aromatic carbocycles. The molecule has 0 bridgehead atoms. The number of nitrogens with zero attached hydrogens (tertiary/aromatic N) is 3. The van der Waals surface area contributed by atoms with Crippen molar-refractivity contribution in [1.29, 1.82) is 0 Å². The number of nitrogens with two attached hydrogens (primary N) is 1. The van der Waals surface area contributed by atoms with Crippen molar-refractivity contribution in [3.63, 3.8) is 0 Å². The van der Waals surface area contributed by atoms with Gasteiger partial charge < -0.3 is 10.8 Å². The summed E-state index contributed by atoms with van der Waals surface area (Å²) in [6.45, 7) is 1.84. The highest BCUT2D eigenvalue weighted by Crippen LogP contribution is 2.21. The number of aryl methyl sites for hydroxylation is 1. The summed E-state index contributed by atoms with van der Waals surface area (Å²) in [5.41, 5.74) is 7.36.